The van der Waals surface area contributed by atoms with Gasteiger partial charge in [0.2, 0.25) is 0 Å². The van der Waals surface area contributed by atoms with E-state index in [4.69, 9.17) is 0 Å². The maximum absolute atomic E-state index is 12.2. The summed E-state index contributed by atoms with van der Waals surface area (Å²) in [5, 5.41) is 0. The van der Waals surface area contributed by atoms with Crippen LogP contribution in [-0.2, 0) is 9.47 Å². The van der Waals surface area contributed by atoms with E-state index >= 15 is 0 Å². The SMILES string of the molecule is CCOC(C=C(C(F)(F)F)C(F)(F)F)OCC. The van der Waals surface area contributed by atoms with Crippen LogP contribution in [0.5, 0.6) is 0 Å². The molecular weight excluding hydrogens is 254 g/mol. The highest BCUT2D eigenvalue weighted by molar-refractivity contribution is 5.16. The zero-order valence-electron chi connectivity index (χ0n) is 9.15. The van der Waals surface area contributed by atoms with Crippen LogP contribution in [0, 0.1) is 0 Å². The van der Waals surface area contributed by atoms with Gasteiger partial charge >= 0.3 is 12.4 Å². The van der Waals surface area contributed by atoms with Gasteiger partial charge in [-0.15, -0.1) is 0 Å². The van der Waals surface area contributed by atoms with Gasteiger partial charge in [0.05, 0.1) is 0 Å². The Balaban J connectivity index is 5.13. The van der Waals surface area contributed by atoms with E-state index < -0.39 is 24.2 Å². The first-order valence-corrected chi connectivity index (χ1v) is 4.72. The van der Waals surface area contributed by atoms with Crippen LogP contribution in [0.15, 0.2) is 11.6 Å². The van der Waals surface area contributed by atoms with Gasteiger partial charge in [0.25, 0.3) is 0 Å². The molecule has 17 heavy (non-hydrogen) atoms. The van der Waals surface area contributed by atoms with Crippen molar-refractivity contribution < 1.29 is 35.8 Å². The van der Waals surface area contributed by atoms with Crippen LogP contribution in [0.25, 0.3) is 0 Å². The highest BCUT2D eigenvalue weighted by Gasteiger charge is 2.51. The molecule has 0 bridgehead atoms. The molecule has 0 atom stereocenters. The molecule has 0 aromatic heterocycles. The van der Waals surface area contributed by atoms with Crippen LogP contribution in [0.1, 0.15) is 13.8 Å². The molecule has 0 fully saturated rings. The lowest BCUT2D eigenvalue weighted by atomic mass is 10.2. The minimum atomic E-state index is -5.50. The number of ether oxygens (including phenoxy) is 2. The Morgan fingerprint density at radius 2 is 1.29 bits per heavy atom. The van der Waals surface area contributed by atoms with Crippen LogP contribution >= 0.6 is 0 Å². The number of hydrogen-bond donors (Lipinski definition) is 0. The lowest BCUT2D eigenvalue weighted by molar-refractivity contribution is -0.177. The van der Waals surface area contributed by atoms with Crippen LogP contribution < -0.4 is 0 Å². The van der Waals surface area contributed by atoms with Gasteiger partial charge in [-0.2, -0.15) is 26.3 Å². The van der Waals surface area contributed by atoms with Gasteiger partial charge in [0, 0.05) is 13.2 Å². The first-order chi connectivity index (χ1) is 7.62. The standard InChI is InChI=1S/C9H12F6O2/c1-3-16-7(17-4-2)5-6(8(10,11)12)9(13,14)15/h5,7H,3-4H2,1-2H3. The second kappa shape index (κ2) is 6.25. The van der Waals surface area contributed by atoms with Gasteiger partial charge in [0.15, 0.2) is 6.29 Å². The van der Waals surface area contributed by atoms with Crippen molar-refractivity contribution in [1.82, 2.24) is 0 Å². The summed E-state index contributed by atoms with van der Waals surface area (Å²) in [6.45, 7) is 2.73. The summed E-state index contributed by atoms with van der Waals surface area (Å²) in [7, 11) is 0. The highest BCUT2D eigenvalue weighted by Crippen LogP contribution is 2.38. The fraction of sp³-hybridized carbons (Fsp3) is 0.778. The molecule has 0 amide bonds. The average molecular weight is 266 g/mol. The smallest absolute Gasteiger partial charge is 0.349 e. The molecule has 8 heteroatoms. The monoisotopic (exact) mass is 266 g/mol. The maximum Gasteiger partial charge on any atom is 0.421 e. The number of halogens is 6. The van der Waals surface area contributed by atoms with Gasteiger partial charge < -0.3 is 9.47 Å². The Morgan fingerprint density at radius 1 is 0.941 bits per heavy atom. The quantitative estimate of drug-likeness (QED) is 0.431. The van der Waals surface area contributed by atoms with Crippen LogP contribution in [-0.4, -0.2) is 31.9 Å². The lowest BCUT2D eigenvalue weighted by Gasteiger charge is -2.19. The first kappa shape index (κ1) is 16.2. The van der Waals surface area contributed by atoms with Gasteiger partial charge in [0.1, 0.15) is 5.57 Å². The predicted molar refractivity (Wildman–Crippen MR) is 47.2 cm³/mol. The molecule has 0 N–H and O–H groups in total. The minimum Gasteiger partial charge on any atom is -0.349 e. The zero-order valence-corrected chi connectivity index (χ0v) is 9.15. The summed E-state index contributed by atoms with van der Waals surface area (Å²) in [6.07, 6.45) is -12.8. The number of rotatable bonds is 5. The molecule has 0 heterocycles. The van der Waals surface area contributed by atoms with Crippen molar-refractivity contribution in [2.75, 3.05) is 13.2 Å². The van der Waals surface area contributed by atoms with Crippen molar-refractivity contribution in [2.24, 2.45) is 0 Å². The summed E-state index contributed by atoms with van der Waals surface area (Å²) >= 11 is 0. The molecule has 0 aliphatic carbocycles. The number of alkyl halides is 6. The van der Waals surface area contributed by atoms with Gasteiger partial charge in [-0.1, -0.05) is 0 Å². The van der Waals surface area contributed by atoms with Crippen molar-refractivity contribution >= 4 is 0 Å². The van der Waals surface area contributed by atoms with Crippen molar-refractivity contribution in [2.45, 2.75) is 32.5 Å². The topological polar surface area (TPSA) is 18.5 Å². The highest BCUT2D eigenvalue weighted by atomic mass is 19.4. The lowest BCUT2D eigenvalue weighted by Crippen LogP contribution is -2.29. The van der Waals surface area contributed by atoms with E-state index in [0.717, 1.165) is 0 Å². The number of allylic oxidation sites excluding steroid dienone is 1. The van der Waals surface area contributed by atoms with E-state index in [2.05, 4.69) is 9.47 Å². The van der Waals surface area contributed by atoms with E-state index in [0.29, 0.717) is 0 Å². The summed E-state index contributed by atoms with van der Waals surface area (Å²) in [5.74, 6) is 0. The molecule has 2 nitrogen and oxygen atoms in total. The molecule has 0 aliphatic rings. The van der Waals surface area contributed by atoms with Crippen LogP contribution in [0.3, 0.4) is 0 Å². The second-order valence-corrected chi connectivity index (χ2v) is 2.85. The van der Waals surface area contributed by atoms with Crippen molar-refractivity contribution in [3.63, 3.8) is 0 Å². The summed E-state index contributed by atoms with van der Waals surface area (Å²) in [6, 6.07) is 0. The maximum atomic E-state index is 12.2. The number of hydrogen-bond acceptors (Lipinski definition) is 2. The third-order valence-corrected chi connectivity index (χ3v) is 1.58. The zero-order chi connectivity index (χ0) is 13.7. The average Bonchev–Trinajstić information content (AvgIpc) is 2.10. The minimum absolute atomic E-state index is 0.0653. The Labute approximate surface area is 94.2 Å². The van der Waals surface area contributed by atoms with E-state index in [1.807, 2.05) is 0 Å². The molecule has 0 rings (SSSR count). The molecule has 0 saturated carbocycles. The van der Waals surface area contributed by atoms with Crippen LogP contribution in [0.4, 0.5) is 26.3 Å². The van der Waals surface area contributed by atoms with E-state index in [1.54, 1.807) is 0 Å². The Bertz CT molecular complexity index is 233. The van der Waals surface area contributed by atoms with E-state index in [9.17, 15) is 26.3 Å². The van der Waals surface area contributed by atoms with Gasteiger partial charge in [-0.05, 0) is 19.9 Å². The Morgan fingerprint density at radius 3 is 1.53 bits per heavy atom. The molecule has 0 unspecified atom stereocenters. The van der Waals surface area contributed by atoms with Crippen molar-refractivity contribution in [3.8, 4) is 0 Å². The summed E-state index contributed by atoms with van der Waals surface area (Å²) in [5.41, 5.74) is -2.63. The molecule has 0 aromatic carbocycles. The largest absolute Gasteiger partial charge is 0.421 e. The molecule has 102 valence electrons. The molecule has 0 saturated heterocycles. The molecule has 0 aromatic rings. The molecule has 0 aliphatic heterocycles. The molecule has 0 radical (unpaired) electrons. The Hall–Kier alpha value is -0.760. The van der Waals surface area contributed by atoms with Crippen LogP contribution in [0.2, 0.25) is 0 Å². The summed E-state index contributed by atoms with van der Waals surface area (Å²) < 4.78 is 82.2. The fourth-order valence-electron chi connectivity index (χ4n) is 0.959. The van der Waals surface area contributed by atoms with Gasteiger partial charge in [-0.3, -0.25) is 0 Å². The third-order valence-electron chi connectivity index (χ3n) is 1.58. The van der Waals surface area contributed by atoms with Crippen molar-refractivity contribution in [3.05, 3.63) is 11.6 Å². The summed E-state index contributed by atoms with van der Waals surface area (Å²) in [4.78, 5) is 0. The van der Waals surface area contributed by atoms with E-state index in [1.165, 1.54) is 13.8 Å². The third kappa shape index (κ3) is 5.92. The first-order valence-electron chi connectivity index (χ1n) is 4.72. The predicted octanol–water partition coefficient (Wildman–Crippen LogP) is 3.44. The second-order valence-electron chi connectivity index (χ2n) is 2.85. The van der Waals surface area contributed by atoms with Gasteiger partial charge in [-0.25, -0.2) is 0 Å². The normalized spacial score (nSPS) is 13.0. The molecule has 0 spiro atoms. The fourth-order valence-corrected chi connectivity index (χ4v) is 0.959. The van der Waals surface area contributed by atoms with Crippen molar-refractivity contribution in [1.29, 1.82) is 0 Å². The van der Waals surface area contributed by atoms with E-state index in [-0.39, 0.29) is 19.3 Å². The molecular formula is C9H12F6O2. The Kier molecular flexibility index (Phi) is 5.97.